The van der Waals surface area contributed by atoms with Crippen LogP contribution in [0.4, 0.5) is 5.82 Å². The summed E-state index contributed by atoms with van der Waals surface area (Å²) in [5.74, 6) is 0.802. The fraction of sp³-hybridized carbons (Fsp3) is 0.588. The molecule has 1 fully saturated rings. The molecule has 0 radical (unpaired) electrons. The molecule has 3 rings (SSSR count). The van der Waals surface area contributed by atoms with Crippen molar-refractivity contribution in [3.05, 3.63) is 30.2 Å². The minimum atomic E-state index is 0.0244. The van der Waals surface area contributed by atoms with Gasteiger partial charge in [0.1, 0.15) is 5.82 Å². The molecule has 1 aliphatic heterocycles. The molecule has 1 aliphatic rings. The first-order chi connectivity index (χ1) is 11.7. The van der Waals surface area contributed by atoms with Crippen molar-refractivity contribution in [2.75, 3.05) is 18.4 Å². The summed E-state index contributed by atoms with van der Waals surface area (Å²) in [6, 6.07) is 2.22. The second-order valence-corrected chi connectivity index (χ2v) is 6.49. The van der Waals surface area contributed by atoms with E-state index in [2.05, 4.69) is 33.5 Å². The van der Waals surface area contributed by atoms with E-state index in [1.165, 1.54) is 5.56 Å². The van der Waals surface area contributed by atoms with E-state index in [0.717, 1.165) is 44.7 Å². The summed E-state index contributed by atoms with van der Waals surface area (Å²) in [7, 11) is 0. The van der Waals surface area contributed by atoms with Crippen LogP contribution in [0.15, 0.2) is 24.7 Å². The summed E-state index contributed by atoms with van der Waals surface area (Å²) in [6.45, 7) is 7.18. The van der Waals surface area contributed by atoms with Gasteiger partial charge in [0.05, 0.1) is 25.5 Å². The Morgan fingerprint density at radius 1 is 1.42 bits per heavy atom. The maximum absolute atomic E-state index is 12.4. The van der Waals surface area contributed by atoms with Gasteiger partial charge in [-0.2, -0.15) is 10.2 Å². The van der Waals surface area contributed by atoms with Crippen LogP contribution < -0.4 is 5.32 Å². The number of aryl methyl sites for hydroxylation is 2. The van der Waals surface area contributed by atoms with Gasteiger partial charge in [0, 0.05) is 24.8 Å². The van der Waals surface area contributed by atoms with Crippen molar-refractivity contribution in [3.63, 3.8) is 0 Å². The Labute approximate surface area is 142 Å². The van der Waals surface area contributed by atoms with Gasteiger partial charge in [0.15, 0.2) is 0 Å². The van der Waals surface area contributed by atoms with Gasteiger partial charge in [-0.25, -0.2) is 4.68 Å². The van der Waals surface area contributed by atoms with Crippen LogP contribution >= 0.6 is 0 Å². The summed E-state index contributed by atoms with van der Waals surface area (Å²) in [6.07, 6.45) is 8.89. The number of aromatic nitrogens is 4. The van der Waals surface area contributed by atoms with Crippen LogP contribution in [0.2, 0.25) is 0 Å². The number of likely N-dealkylation sites (tertiary alicyclic amines) is 1. The van der Waals surface area contributed by atoms with Crippen molar-refractivity contribution in [2.24, 2.45) is 0 Å². The zero-order valence-corrected chi connectivity index (χ0v) is 14.5. The first-order valence-corrected chi connectivity index (χ1v) is 8.70. The zero-order chi connectivity index (χ0) is 16.9. The van der Waals surface area contributed by atoms with Gasteiger partial charge in [-0.3, -0.25) is 14.4 Å². The van der Waals surface area contributed by atoms with Crippen LogP contribution in [0.1, 0.15) is 31.7 Å². The molecule has 1 saturated heterocycles. The average molecular weight is 330 g/mol. The van der Waals surface area contributed by atoms with Crippen molar-refractivity contribution in [3.8, 4) is 0 Å². The molecule has 1 amide bonds. The van der Waals surface area contributed by atoms with Crippen LogP contribution in [0.25, 0.3) is 0 Å². The average Bonchev–Trinajstić information content (AvgIpc) is 3.25. The van der Waals surface area contributed by atoms with E-state index < -0.39 is 0 Å². The second-order valence-electron chi connectivity index (χ2n) is 6.49. The molecule has 3 heterocycles. The third-order valence-corrected chi connectivity index (χ3v) is 4.43. The van der Waals surface area contributed by atoms with Gasteiger partial charge in [-0.1, -0.05) is 6.92 Å². The maximum Gasteiger partial charge on any atom is 0.239 e. The summed E-state index contributed by atoms with van der Waals surface area (Å²) < 4.78 is 3.82. The SMILES string of the molecule is CCCn1nccc1NC(=O)CN1CCC[C@H]1Cn1cc(C)cn1. The van der Waals surface area contributed by atoms with E-state index in [1.54, 1.807) is 6.20 Å². The summed E-state index contributed by atoms with van der Waals surface area (Å²) >= 11 is 0. The van der Waals surface area contributed by atoms with Crippen molar-refractivity contribution < 1.29 is 4.79 Å². The Hall–Kier alpha value is -2.15. The highest BCUT2D eigenvalue weighted by molar-refractivity contribution is 5.91. The number of amides is 1. The second kappa shape index (κ2) is 7.61. The molecule has 24 heavy (non-hydrogen) atoms. The molecule has 7 nitrogen and oxygen atoms in total. The topological polar surface area (TPSA) is 68.0 Å². The number of hydrogen-bond acceptors (Lipinski definition) is 4. The number of nitrogens with zero attached hydrogens (tertiary/aromatic N) is 5. The molecule has 0 saturated carbocycles. The van der Waals surface area contributed by atoms with Crippen molar-refractivity contribution in [1.82, 2.24) is 24.5 Å². The van der Waals surface area contributed by atoms with E-state index in [0.29, 0.717) is 12.6 Å². The predicted octanol–water partition coefficient (Wildman–Crippen LogP) is 1.90. The lowest BCUT2D eigenvalue weighted by Gasteiger charge is -2.23. The Bertz CT molecular complexity index is 676. The summed E-state index contributed by atoms with van der Waals surface area (Å²) in [5, 5.41) is 11.6. The van der Waals surface area contributed by atoms with Crippen LogP contribution in [-0.2, 0) is 17.9 Å². The number of hydrogen-bond donors (Lipinski definition) is 1. The van der Waals surface area contributed by atoms with E-state index in [-0.39, 0.29) is 5.91 Å². The van der Waals surface area contributed by atoms with Crippen molar-refractivity contribution >= 4 is 11.7 Å². The molecule has 1 atom stereocenters. The van der Waals surface area contributed by atoms with E-state index >= 15 is 0 Å². The lowest BCUT2D eigenvalue weighted by atomic mass is 10.2. The smallest absolute Gasteiger partial charge is 0.239 e. The molecule has 2 aromatic rings. The minimum Gasteiger partial charge on any atom is -0.310 e. The van der Waals surface area contributed by atoms with E-state index in [4.69, 9.17) is 0 Å². The number of nitrogens with one attached hydrogen (secondary N) is 1. The van der Waals surface area contributed by atoms with E-state index in [1.807, 2.05) is 28.6 Å². The highest BCUT2D eigenvalue weighted by Crippen LogP contribution is 2.19. The molecule has 130 valence electrons. The van der Waals surface area contributed by atoms with Gasteiger partial charge in [-0.05, 0) is 38.3 Å². The van der Waals surface area contributed by atoms with Gasteiger partial charge in [0.2, 0.25) is 5.91 Å². The quantitative estimate of drug-likeness (QED) is 0.842. The molecule has 0 unspecified atom stereocenters. The lowest BCUT2D eigenvalue weighted by Crippen LogP contribution is -2.39. The number of carbonyl (C=O) groups is 1. The molecule has 0 aliphatic carbocycles. The zero-order valence-electron chi connectivity index (χ0n) is 14.5. The van der Waals surface area contributed by atoms with E-state index in [9.17, 15) is 4.79 Å². The Morgan fingerprint density at radius 3 is 3.04 bits per heavy atom. The molecule has 1 N–H and O–H groups in total. The predicted molar refractivity (Wildman–Crippen MR) is 92.7 cm³/mol. The number of anilines is 1. The molecule has 2 aromatic heterocycles. The lowest BCUT2D eigenvalue weighted by molar-refractivity contribution is -0.117. The normalized spacial score (nSPS) is 18.2. The Morgan fingerprint density at radius 2 is 2.29 bits per heavy atom. The summed E-state index contributed by atoms with van der Waals surface area (Å²) in [4.78, 5) is 14.7. The number of rotatable bonds is 7. The Balaban J connectivity index is 1.55. The first-order valence-electron chi connectivity index (χ1n) is 8.70. The fourth-order valence-corrected chi connectivity index (χ4v) is 3.29. The maximum atomic E-state index is 12.4. The number of carbonyl (C=O) groups excluding carboxylic acids is 1. The highest BCUT2D eigenvalue weighted by atomic mass is 16.2. The third kappa shape index (κ3) is 4.03. The molecule has 0 spiro atoms. The molecular formula is C17H26N6O. The fourth-order valence-electron chi connectivity index (χ4n) is 3.29. The van der Waals surface area contributed by atoms with Gasteiger partial charge in [-0.15, -0.1) is 0 Å². The van der Waals surface area contributed by atoms with Crippen LogP contribution in [-0.4, -0.2) is 49.5 Å². The molecular weight excluding hydrogens is 304 g/mol. The van der Waals surface area contributed by atoms with Crippen LogP contribution in [0, 0.1) is 6.92 Å². The van der Waals surface area contributed by atoms with Gasteiger partial charge >= 0.3 is 0 Å². The first kappa shape index (κ1) is 16.7. The largest absolute Gasteiger partial charge is 0.310 e. The Kier molecular flexibility index (Phi) is 5.30. The highest BCUT2D eigenvalue weighted by Gasteiger charge is 2.27. The third-order valence-electron chi connectivity index (χ3n) is 4.43. The van der Waals surface area contributed by atoms with Gasteiger partial charge in [0.25, 0.3) is 0 Å². The molecule has 0 bridgehead atoms. The van der Waals surface area contributed by atoms with Crippen LogP contribution in [0.3, 0.4) is 0 Å². The standard InChI is InChI=1S/C17H26N6O/c1-3-8-23-16(6-7-18-23)20-17(24)13-21-9-4-5-15(21)12-22-11-14(2)10-19-22/h6-7,10-11,15H,3-5,8-9,12-13H2,1-2H3,(H,20,24)/t15-/m0/s1. The van der Waals surface area contributed by atoms with Crippen molar-refractivity contribution in [1.29, 1.82) is 0 Å². The monoisotopic (exact) mass is 330 g/mol. The van der Waals surface area contributed by atoms with Crippen LogP contribution in [0.5, 0.6) is 0 Å². The van der Waals surface area contributed by atoms with Crippen molar-refractivity contribution in [2.45, 2.75) is 52.2 Å². The molecule has 7 heteroatoms. The van der Waals surface area contributed by atoms with Gasteiger partial charge < -0.3 is 5.32 Å². The minimum absolute atomic E-state index is 0.0244. The summed E-state index contributed by atoms with van der Waals surface area (Å²) in [5.41, 5.74) is 1.17. The molecule has 0 aromatic carbocycles.